The number of nitrogens with two attached hydrogens (primary N) is 1. The second kappa shape index (κ2) is 6.70. The average molecular weight is 275 g/mol. The third-order valence-electron chi connectivity index (χ3n) is 4.85. The molecule has 1 aromatic rings. The number of rotatable bonds is 5. The van der Waals surface area contributed by atoms with E-state index >= 15 is 0 Å². The highest BCUT2D eigenvalue weighted by Crippen LogP contribution is 2.21. The standard InChI is InChI=1S/C17H29N3/c1-13-7-9-15(10-8-13)17(18)14(2)20(4)12-16-6-5-11-19(16)3/h7-10,14,16-17H,5-6,11-12,18H2,1-4H3. The number of hydrogen-bond acceptors (Lipinski definition) is 3. The molecule has 1 aromatic carbocycles. The van der Waals surface area contributed by atoms with Gasteiger partial charge in [-0.1, -0.05) is 29.8 Å². The molecule has 3 nitrogen and oxygen atoms in total. The van der Waals surface area contributed by atoms with E-state index in [0.717, 1.165) is 6.54 Å². The van der Waals surface area contributed by atoms with Crippen LogP contribution in [0.5, 0.6) is 0 Å². The van der Waals surface area contributed by atoms with E-state index in [1.165, 1.54) is 30.5 Å². The normalized spacial score (nSPS) is 23.2. The summed E-state index contributed by atoms with van der Waals surface area (Å²) in [5.74, 6) is 0. The van der Waals surface area contributed by atoms with E-state index in [2.05, 4.69) is 62.0 Å². The van der Waals surface area contributed by atoms with Gasteiger partial charge in [-0.15, -0.1) is 0 Å². The third kappa shape index (κ3) is 3.60. The molecule has 3 heteroatoms. The highest BCUT2D eigenvalue weighted by molar-refractivity contribution is 5.24. The van der Waals surface area contributed by atoms with E-state index in [1.54, 1.807) is 0 Å². The van der Waals surface area contributed by atoms with Gasteiger partial charge in [-0.3, -0.25) is 0 Å². The molecule has 2 rings (SSSR count). The number of likely N-dealkylation sites (tertiary alicyclic amines) is 1. The van der Waals surface area contributed by atoms with Crippen LogP contribution in [0, 0.1) is 6.92 Å². The van der Waals surface area contributed by atoms with Gasteiger partial charge >= 0.3 is 0 Å². The number of likely N-dealkylation sites (N-methyl/N-ethyl adjacent to an activating group) is 2. The molecule has 0 radical (unpaired) electrons. The van der Waals surface area contributed by atoms with Crippen LogP contribution in [0.4, 0.5) is 0 Å². The SMILES string of the molecule is Cc1ccc(C(N)C(C)N(C)CC2CCCN2C)cc1. The van der Waals surface area contributed by atoms with Crippen molar-refractivity contribution in [1.29, 1.82) is 0 Å². The fraction of sp³-hybridized carbons (Fsp3) is 0.647. The second-order valence-electron chi connectivity index (χ2n) is 6.39. The molecule has 1 fully saturated rings. The van der Waals surface area contributed by atoms with Gasteiger partial charge < -0.3 is 15.5 Å². The van der Waals surface area contributed by atoms with Crippen LogP contribution in [0.2, 0.25) is 0 Å². The van der Waals surface area contributed by atoms with Gasteiger partial charge in [-0.2, -0.15) is 0 Å². The van der Waals surface area contributed by atoms with Crippen molar-refractivity contribution >= 4 is 0 Å². The molecule has 20 heavy (non-hydrogen) atoms. The van der Waals surface area contributed by atoms with E-state index in [9.17, 15) is 0 Å². The summed E-state index contributed by atoms with van der Waals surface area (Å²) in [5, 5.41) is 0. The van der Waals surface area contributed by atoms with Crippen molar-refractivity contribution in [2.24, 2.45) is 5.73 Å². The molecule has 0 aromatic heterocycles. The Labute approximate surface area is 123 Å². The zero-order valence-electron chi connectivity index (χ0n) is 13.3. The molecule has 0 amide bonds. The number of aryl methyl sites for hydroxylation is 1. The number of nitrogens with zero attached hydrogens (tertiary/aromatic N) is 2. The summed E-state index contributed by atoms with van der Waals surface area (Å²) in [6.07, 6.45) is 2.64. The van der Waals surface area contributed by atoms with Crippen molar-refractivity contribution in [2.75, 3.05) is 27.2 Å². The highest BCUT2D eigenvalue weighted by Gasteiger charge is 2.26. The summed E-state index contributed by atoms with van der Waals surface area (Å²) in [6.45, 7) is 6.69. The lowest BCUT2D eigenvalue weighted by molar-refractivity contribution is 0.168. The quantitative estimate of drug-likeness (QED) is 0.895. The Morgan fingerprint density at radius 3 is 2.55 bits per heavy atom. The summed E-state index contributed by atoms with van der Waals surface area (Å²) >= 11 is 0. The van der Waals surface area contributed by atoms with Gasteiger partial charge in [0.05, 0.1) is 0 Å². The van der Waals surface area contributed by atoms with Crippen LogP contribution in [-0.2, 0) is 0 Å². The van der Waals surface area contributed by atoms with Crippen molar-refractivity contribution in [3.05, 3.63) is 35.4 Å². The predicted octanol–water partition coefficient (Wildman–Crippen LogP) is 2.41. The molecule has 1 aliphatic rings. The monoisotopic (exact) mass is 275 g/mol. The third-order valence-corrected chi connectivity index (χ3v) is 4.85. The average Bonchev–Trinajstić information content (AvgIpc) is 2.83. The molecule has 0 bridgehead atoms. The minimum atomic E-state index is 0.0762. The maximum absolute atomic E-state index is 6.44. The number of hydrogen-bond donors (Lipinski definition) is 1. The van der Waals surface area contributed by atoms with Crippen LogP contribution >= 0.6 is 0 Å². The van der Waals surface area contributed by atoms with Crippen LogP contribution in [0.25, 0.3) is 0 Å². The molecule has 0 spiro atoms. The van der Waals surface area contributed by atoms with E-state index in [-0.39, 0.29) is 6.04 Å². The molecule has 0 saturated carbocycles. The van der Waals surface area contributed by atoms with Crippen LogP contribution in [-0.4, -0.2) is 49.1 Å². The van der Waals surface area contributed by atoms with Crippen molar-refractivity contribution < 1.29 is 0 Å². The summed E-state index contributed by atoms with van der Waals surface area (Å²) < 4.78 is 0. The molecular weight excluding hydrogens is 246 g/mol. The first-order valence-corrected chi connectivity index (χ1v) is 7.71. The van der Waals surface area contributed by atoms with Crippen molar-refractivity contribution in [3.8, 4) is 0 Å². The zero-order valence-corrected chi connectivity index (χ0v) is 13.3. The summed E-state index contributed by atoms with van der Waals surface area (Å²) in [4.78, 5) is 4.89. The van der Waals surface area contributed by atoms with Gasteiger partial charge in [0.15, 0.2) is 0 Å². The van der Waals surface area contributed by atoms with Gasteiger partial charge in [-0.25, -0.2) is 0 Å². The Morgan fingerprint density at radius 1 is 1.35 bits per heavy atom. The van der Waals surface area contributed by atoms with E-state index in [4.69, 9.17) is 5.73 Å². The minimum absolute atomic E-state index is 0.0762. The number of benzene rings is 1. The Bertz CT molecular complexity index is 415. The van der Waals surface area contributed by atoms with Crippen LogP contribution in [0.15, 0.2) is 24.3 Å². The molecule has 112 valence electrons. The smallest absolute Gasteiger partial charge is 0.0450 e. The topological polar surface area (TPSA) is 32.5 Å². The van der Waals surface area contributed by atoms with Gasteiger partial charge in [0.1, 0.15) is 0 Å². The summed E-state index contributed by atoms with van der Waals surface area (Å²) in [6, 6.07) is 9.73. The van der Waals surface area contributed by atoms with E-state index in [0.29, 0.717) is 12.1 Å². The maximum atomic E-state index is 6.44. The fourth-order valence-corrected chi connectivity index (χ4v) is 3.05. The zero-order chi connectivity index (χ0) is 14.7. The Hall–Kier alpha value is -0.900. The van der Waals surface area contributed by atoms with Gasteiger partial charge in [-0.05, 0) is 52.9 Å². The van der Waals surface area contributed by atoms with Crippen molar-refractivity contribution in [3.63, 3.8) is 0 Å². The molecular formula is C17H29N3. The maximum Gasteiger partial charge on any atom is 0.0450 e. The van der Waals surface area contributed by atoms with Crippen LogP contribution < -0.4 is 5.73 Å². The molecule has 3 atom stereocenters. The van der Waals surface area contributed by atoms with Crippen molar-refractivity contribution in [2.45, 2.75) is 44.8 Å². The van der Waals surface area contributed by atoms with Gasteiger partial charge in [0, 0.05) is 24.7 Å². The molecule has 1 saturated heterocycles. The molecule has 0 aliphatic carbocycles. The first-order valence-electron chi connectivity index (χ1n) is 7.71. The van der Waals surface area contributed by atoms with Gasteiger partial charge in [0.25, 0.3) is 0 Å². The predicted molar refractivity (Wildman–Crippen MR) is 85.9 cm³/mol. The van der Waals surface area contributed by atoms with Gasteiger partial charge in [0.2, 0.25) is 0 Å². The summed E-state index contributed by atoms with van der Waals surface area (Å²) in [5.41, 5.74) is 8.96. The fourth-order valence-electron chi connectivity index (χ4n) is 3.05. The van der Waals surface area contributed by atoms with E-state index < -0.39 is 0 Å². The lowest BCUT2D eigenvalue weighted by Gasteiger charge is -2.33. The highest BCUT2D eigenvalue weighted by atomic mass is 15.2. The lowest BCUT2D eigenvalue weighted by Crippen LogP contribution is -2.44. The van der Waals surface area contributed by atoms with Crippen molar-refractivity contribution in [1.82, 2.24) is 9.80 Å². The summed E-state index contributed by atoms with van der Waals surface area (Å²) in [7, 11) is 4.43. The minimum Gasteiger partial charge on any atom is -0.323 e. The Balaban J connectivity index is 1.95. The lowest BCUT2D eigenvalue weighted by atomic mass is 9.99. The second-order valence-corrected chi connectivity index (χ2v) is 6.39. The molecule has 1 aliphatic heterocycles. The van der Waals surface area contributed by atoms with E-state index in [1.807, 2.05) is 0 Å². The first kappa shape index (κ1) is 15.5. The first-order chi connectivity index (χ1) is 9.49. The molecule has 3 unspecified atom stereocenters. The Morgan fingerprint density at radius 2 is 2.00 bits per heavy atom. The van der Waals surface area contributed by atoms with Crippen LogP contribution in [0.3, 0.4) is 0 Å². The molecule has 2 N–H and O–H groups in total. The molecule has 1 heterocycles. The Kier molecular flexibility index (Phi) is 5.19. The van der Waals surface area contributed by atoms with Crippen LogP contribution in [0.1, 0.15) is 36.9 Å². The largest absolute Gasteiger partial charge is 0.323 e.